The van der Waals surface area contributed by atoms with Gasteiger partial charge in [0.1, 0.15) is 11.6 Å². The minimum Gasteiger partial charge on any atom is -0.490 e. The van der Waals surface area contributed by atoms with E-state index in [4.69, 9.17) is 16.3 Å². The highest BCUT2D eigenvalue weighted by Crippen LogP contribution is 2.33. The second-order valence-corrected chi connectivity index (χ2v) is 6.57. The number of hydrogen-bond acceptors (Lipinski definition) is 2. The number of nitrogens with zero attached hydrogens (tertiary/aromatic N) is 1. The molecule has 0 amide bonds. The molecule has 0 spiro atoms. The van der Waals surface area contributed by atoms with Gasteiger partial charge in [0.05, 0.1) is 11.1 Å². The zero-order valence-corrected chi connectivity index (χ0v) is 12.6. The third-order valence-corrected chi connectivity index (χ3v) is 4.67. The standard InChI is InChI=1S/C16H21ClFNO/c1-11-6-12(7-11)20-13-8-15(17)14(16(18)9-13)10-19-4-2-3-5-19/h8-9,11-12H,2-7,10H2,1H3. The highest BCUT2D eigenvalue weighted by molar-refractivity contribution is 6.31. The van der Waals surface area contributed by atoms with Gasteiger partial charge in [-0.1, -0.05) is 18.5 Å². The quantitative estimate of drug-likeness (QED) is 0.823. The third-order valence-electron chi connectivity index (χ3n) is 4.33. The topological polar surface area (TPSA) is 12.5 Å². The van der Waals surface area contributed by atoms with Crippen LogP contribution in [0, 0.1) is 11.7 Å². The molecule has 1 aromatic rings. The van der Waals surface area contributed by atoms with E-state index in [-0.39, 0.29) is 11.9 Å². The summed E-state index contributed by atoms with van der Waals surface area (Å²) in [6.07, 6.45) is 4.72. The van der Waals surface area contributed by atoms with Gasteiger partial charge in [0.25, 0.3) is 0 Å². The predicted octanol–water partition coefficient (Wildman–Crippen LogP) is 4.25. The van der Waals surface area contributed by atoms with E-state index in [0.717, 1.165) is 31.8 Å². The molecule has 0 atom stereocenters. The van der Waals surface area contributed by atoms with Gasteiger partial charge >= 0.3 is 0 Å². The second kappa shape index (κ2) is 5.90. The maximum Gasteiger partial charge on any atom is 0.132 e. The van der Waals surface area contributed by atoms with Crippen LogP contribution in [0.3, 0.4) is 0 Å². The Bertz CT molecular complexity index is 458. The van der Waals surface area contributed by atoms with Crippen LogP contribution < -0.4 is 4.74 Å². The van der Waals surface area contributed by atoms with Crippen LogP contribution in [0.25, 0.3) is 0 Å². The first kappa shape index (κ1) is 14.2. The van der Waals surface area contributed by atoms with Crippen molar-refractivity contribution in [1.29, 1.82) is 0 Å². The second-order valence-electron chi connectivity index (χ2n) is 6.17. The van der Waals surface area contributed by atoms with Crippen molar-refractivity contribution in [3.05, 3.63) is 28.5 Å². The molecule has 0 bridgehead atoms. The Balaban J connectivity index is 1.69. The summed E-state index contributed by atoms with van der Waals surface area (Å²) in [5.74, 6) is 1.04. The zero-order chi connectivity index (χ0) is 14.1. The lowest BCUT2D eigenvalue weighted by Crippen LogP contribution is -2.32. The molecule has 0 radical (unpaired) electrons. The van der Waals surface area contributed by atoms with Crippen molar-refractivity contribution in [3.63, 3.8) is 0 Å². The molecule has 1 saturated heterocycles. The fraction of sp³-hybridized carbons (Fsp3) is 0.625. The number of rotatable bonds is 4. The number of likely N-dealkylation sites (tertiary alicyclic amines) is 1. The molecule has 2 fully saturated rings. The van der Waals surface area contributed by atoms with Crippen LogP contribution in [0.15, 0.2) is 12.1 Å². The van der Waals surface area contributed by atoms with Crippen LogP contribution >= 0.6 is 11.6 Å². The summed E-state index contributed by atoms with van der Waals surface area (Å²) >= 11 is 6.24. The molecule has 4 heteroatoms. The molecule has 1 saturated carbocycles. The lowest BCUT2D eigenvalue weighted by Gasteiger charge is -2.33. The van der Waals surface area contributed by atoms with E-state index in [0.29, 0.717) is 22.9 Å². The molecule has 110 valence electrons. The highest BCUT2D eigenvalue weighted by Gasteiger charge is 2.27. The minimum absolute atomic E-state index is 0.227. The van der Waals surface area contributed by atoms with E-state index in [1.807, 2.05) is 0 Å². The van der Waals surface area contributed by atoms with Crippen LogP contribution in [0.1, 0.15) is 38.2 Å². The van der Waals surface area contributed by atoms with Crippen molar-refractivity contribution < 1.29 is 9.13 Å². The molecule has 0 unspecified atom stereocenters. The summed E-state index contributed by atoms with van der Waals surface area (Å²) in [6, 6.07) is 3.25. The molecule has 20 heavy (non-hydrogen) atoms. The maximum atomic E-state index is 14.2. The molecular weight excluding hydrogens is 277 g/mol. The van der Waals surface area contributed by atoms with Crippen LogP contribution in [0.2, 0.25) is 5.02 Å². The SMILES string of the molecule is CC1CC(Oc2cc(F)c(CN3CCCC3)c(Cl)c2)C1. The first-order valence-corrected chi connectivity index (χ1v) is 7.86. The highest BCUT2D eigenvalue weighted by atomic mass is 35.5. The molecule has 0 aromatic heterocycles. The van der Waals surface area contributed by atoms with Gasteiger partial charge in [0.15, 0.2) is 0 Å². The molecule has 2 aliphatic rings. The van der Waals surface area contributed by atoms with Gasteiger partial charge in [-0.25, -0.2) is 4.39 Å². The molecule has 3 rings (SSSR count). The Morgan fingerprint density at radius 2 is 2.00 bits per heavy atom. The fourth-order valence-corrected chi connectivity index (χ4v) is 3.34. The molecule has 2 nitrogen and oxygen atoms in total. The summed E-state index contributed by atoms with van der Waals surface area (Å²) in [5.41, 5.74) is 0.600. The monoisotopic (exact) mass is 297 g/mol. The summed E-state index contributed by atoms with van der Waals surface area (Å²) in [7, 11) is 0. The van der Waals surface area contributed by atoms with Crippen LogP contribution in [0.5, 0.6) is 5.75 Å². The van der Waals surface area contributed by atoms with Crippen LogP contribution in [-0.2, 0) is 6.54 Å². The summed E-state index contributed by atoms with van der Waals surface area (Å²) < 4.78 is 20.0. The van der Waals surface area contributed by atoms with Gasteiger partial charge in [-0.3, -0.25) is 4.90 Å². The van der Waals surface area contributed by atoms with E-state index in [9.17, 15) is 4.39 Å². The Kier molecular flexibility index (Phi) is 4.18. The van der Waals surface area contributed by atoms with Crippen molar-refractivity contribution in [2.45, 2.75) is 45.3 Å². The first-order valence-electron chi connectivity index (χ1n) is 7.49. The van der Waals surface area contributed by atoms with Gasteiger partial charge < -0.3 is 4.74 Å². The van der Waals surface area contributed by atoms with E-state index in [2.05, 4.69) is 11.8 Å². The lowest BCUT2D eigenvalue weighted by atomic mass is 9.84. The Morgan fingerprint density at radius 1 is 1.30 bits per heavy atom. The van der Waals surface area contributed by atoms with Gasteiger partial charge in [-0.15, -0.1) is 0 Å². The largest absolute Gasteiger partial charge is 0.490 e. The van der Waals surface area contributed by atoms with Crippen molar-refractivity contribution in [1.82, 2.24) is 4.90 Å². The summed E-state index contributed by atoms with van der Waals surface area (Å²) in [5, 5.41) is 0.485. The van der Waals surface area contributed by atoms with Crippen molar-refractivity contribution in [2.75, 3.05) is 13.1 Å². The Labute approximate surface area is 124 Å². The molecule has 1 heterocycles. The van der Waals surface area contributed by atoms with Gasteiger partial charge in [-0.05, 0) is 50.8 Å². The summed E-state index contributed by atoms with van der Waals surface area (Å²) in [4.78, 5) is 2.25. The number of ether oxygens (including phenoxy) is 1. The number of hydrogen-bond donors (Lipinski definition) is 0. The van der Waals surface area contributed by atoms with Gasteiger partial charge in [0.2, 0.25) is 0 Å². The van der Waals surface area contributed by atoms with E-state index in [1.165, 1.54) is 18.9 Å². The minimum atomic E-state index is -0.244. The average Bonchev–Trinajstić information content (AvgIpc) is 2.85. The Morgan fingerprint density at radius 3 is 2.60 bits per heavy atom. The van der Waals surface area contributed by atoms with Crippen molar-refractivity contribution in [2.24, 2.45) is 5.92 Å². The Hall–Kier alpha value is -0.800. The van der Waals surface area contributed by atoms with Gasteiger partial charge in [-0.2, -0.15) is 0 Å². The number of halogens is 2. The normalized spacial score (nSPS) is 26.6. The number of benzene rings is 1. The average molecular weight is 298 g/mol. The zero-order valence-electron chi connectivity index (χ0n) is 11.9. The molecular formula is C16H21ClFNO. The van der Waals surface area contributed by atoms with E-state index >= 15 is 0 Å². The van der Waals surface area contributed by atoms with Crippen molar-refractivity contribution in [3.8, 4) is 5.75 Å². The maximum absolute atomic E-state index is 14.2. The molecule has 1 aliphatic carbocycles. The van der Waals surface area contributed by atoms with E-state index < -0.39 is 0 Å². The smallest absolute Gasteiger partial charge is 0.132 e. The predicted molar refractivity (Wildman–Crippen MR) is 78.7 cm³/mol. The molecule has 0 N–H and O–H groups in total. The van der Waals surface area contributed by atoms with Gasteiger partial charge in [0, 0.05) is 18.2 Å². The van der Waals surface area contributed by atoms with Crippen molar-refractivity contribution >= 4 is 11.6 Å². The van der Waals surface area contributed by atoms with Crippen LogP contribution in [0.4, 0.5) is 4.39 Å². The molecule has 1 aromatic carbocycles. The van der Waals surface area contributed by atoms with Crippen LogP contribution in [-0.4, -0.2) is 24.1 Å². The lowest BCUT2D eigenvalue weighted by molar-refractivity contribution is 0.0735. The first-order chi connectivity index (χ1) is 9.61. The molecule has 1 aliphatic heterocycles. The third kappa shape index (κ3) is 3.09. The summed E-state index contributed by atoms with van der Waals surface area (Å²) in [6.45, 7) is 4.87. The fourth-order valence-electron chi connectivity index (χ4n) is 3.08. The van der Waals surface area contributed by atoms with E-state index in [1.54, 1.807) is 6.07 Å².